The SMILES string of the molecule is C[C@H]1COc2nc(Cl)c(Cc3ccc(F)cc3)cc2N1. The lowest BCUT2D eigenvalue weighted by atomic mass is 10.1. The number of halogens is 2. The maximum Gasteiger partial charge on any atom is 0.238 e. The third kappa shape index (κ3) is 2.70. The summed E-state index contributed by atoms with van der Waals surface area (Å²) in [6.45, 7) is 2.62. The van der Waals surface area contributed by atoms with E-state index in [-0.39, 0.29) is 11.9 Å². The van der Waals surface area contributed by atoms with Gasteiger partial charge in [-0.1, -0.05) is 23.7 Å². The topological polar surface area (TPSA) is 34.1 Å². The van der Waals surface area contributed by atoms with Crippen LogP contribution in [0.5, 0.6) is 5.88 Å². The predicted octanol–water partition coefficient (Wildman–Crippen LogP) is 3.66. The van der Waals surface area contributed by atoms with Crippen LogP contribution in [0, 0.1) is 5.82 Å². The minimum absolute atomic E-state index is 0.240. The summed E-state index contributed by atoms with van der Waals surface area (Å²) in [6, 6.07) is 8.57. The van der Waals surface area contributed by atoms with Gasteiger partial charge in [0.05, 0.1) is 11.7 Å². The lowest BCUT2D eigenvalue weighted by Crippen LogP contribution is -2.29. The molecule has 0 amide bonds. The summed E-state index contributed by atoms with van der Waals surface area (Å²) in [4.78, 5) is 4.27. The van der Waals surface area contributed by atoms with E-state index in [1.54, 1.807) is 12.1 Å². The van der Waals surface area contributed by atoms with Gasteiger partial charge >= 0.3 is 0 Å². The molecule has 104 valence electrons. The number of hydrogen-bond acceptors (Lipinski definition) is 3. The summed E-state index contributed by atoms with van der Waals surface area (Å²) in [7, 11) is 0. The van der Waals surface area contributed by atoms with Crippen molar-refractivity contribution in [2.24, 2.45) is 0 Å². The molecule has 20 heavy (non-hydrogen) atoms. The van der Waals surface area contributed by atoms with Gasteiger partial charge < -0.3 is 10.1 Å². The molecule has 2 heterocycles. The molecule has 0 fully saturated rings. The van der Waals surface area contributed by atoms with E-state index >= 15 is 0 Å². The molecule has 0 radical (unpaired) electrons. The van der Waals surface area contributed by atoms with Crippen molar-refractivity contribution >= 4 is 17.3 Å². The molecule has 1 N–H and O–H groups in total. The number of nitrogens with zero attached hydrogens (tertiary/aromatic N) is 1. The van der Waals surface area contributed by atoms with Crippen molar-refractivity contribution in [1.82, 2.24) is 4.98 Å². The van der Waals surface area contributed by atoms with E-state index < -0.39 is 0 Å². The molecule has 0 saturated heterocycles. The number of ether oxygens (including phenoxy) is 1. The Labute approximate surface area is 121 Å². The Balaban J connectivity index is 1.89. The Morgan fingerprint density at radius 3 is 2.90 bits per heavy atom. The summed E-state index contributed by atoms with van der Waals surface area (Å²) >= 11 is 6.19. The van der Waals surface area contributed by atoms with Crippen LogP contribution in [0.3, 0.4) is 0 Å². The standard InChI is InChI=1S/C15H14ClFN2O/c1-9-8-20-15-13(18-9)7-11(14(16)19-15)6-10-2-4-12(17)5-3-10/h2-5,7,9,18H,6,8H2,1H3/t9-/m0/s1. The Morgan fingerprint density at radius 1 is 1.40 bits per heavy atom. The largest absolute Gasteiger partial charge is 0.474 e. The number of fused-ring (bicyclic) bond motifs is 1. The van der Waals surface area contributed by atoms with E-state index in [0.717, 1.165) is 16.8 Å². The van der Waals surface area contributed by atoms with Gasteiger partial charge in [0.25, 0.3) is 0 Å². The van der Waals surface area contributed by atoms with Crippen LogP contribution < -0.4 is 10.1 Å². The molecule has 5 heteroatoms. The van der Waals surface area contributed by atoms with Crippen molar-refractivity contribution in [1.29, 1.82) is 0 Å². The number of rotatable bonds is 2. The lowest BCUT2D eigenvalue weighted by molar-refractivity contribution is 0.280. The van der Waals surface area contributed by atoms with E-state index in [2.05, 4.69) is 10.3 Å². The van der Waals surface area contributed by atoms with E-state index in [1.165, 1.54) is 12.1 Å². The van der Waals surface area contributed by atoms with Crippen LogP contribution in [-0.2, 0) is 6.42 Å². The molecule has 1 aromatic carbocycles. The molecule has 0 saturated carbocycles. The van der Waals surface area contributed by atoms with Crippen LogP contribution in [-0.4, -0.2) is 17.6 Å². The first-order chi connectivity index (χ1) is 9.61. The van der Waals surface area contributed by atoms with E-state index in [9.17, 15) is 4.39 Å². The maximum absolute atomic E-state index is 12.9. The zero-order chi connectivity index (χ0) is 14.1. The number of anilines is 1. The van der Waals surface area contributed by atoms with Crippen molar-refractivity contribution in [2.45, 2.75) is 19.4 Å². The summed E-state index contributed by atoms with van der Waals surface area (Å²) < 4.78 is 18.4. The minimum atomic E-state index is -0.243. The first-order valence-corrected chi connectivity index (χ1v) is 6.83. The molecule has 0 spiro atoms. The van der Waals surface area contributed by atoms with Gasteiger partial charge in [-0.3, -0.25) is 0 Å². The second-order valence-electron chi connectivity index (χ2n) is 4.95. The Kier molecular flexibility index (Phi) is 3.49. The summed E-state index contributed by atoms with van der Waals surface area (Å²) in [5, 5.41) is 3.74. The van der Waals surface area contributed by atoms with Crippen LogP contribution in [0.1, 0.15) is 18.1 Å². The van der Waals surface area contributed by atoms with Crippen molar-refractivity contribution in [3.8, 4) is 5.88 Å². The minimum Gasteiger partial charge on any atom is -0.474 e. The summed E-state index contributed by atoms with van der Waals surface area (Å²) in [5.74, 6) is 0.295. The Bertz CT molecular complexity index is 631. The van der Waals surface area contributed by atoms with E-state index in [1.807, 2.05) is 13.0 Å². The normalized spacial score (nSPS) is 17.1. The lowest BCUT2D eigenvalue weighted by Gasteiger charge is -2.24. The fourth-order valence-corrected chi connectivity index (χ4v) is 2.39. The molecule has 0 bridgehead atoms. The number of aromatic nitrogens is 1. The fraction of sp³-hybridized carbons (Fsp3) is 0.267. The molecule has 1 atom stereocenters. The highest BCUT2D eigenvalue weighted by molar-refractivity contribution is 6.30. The van der Waals surface area contributed by atoms with Gasteiger partial charge in [-0.15, -0.1) is 0 Å². The summed E-state index contributed by atoms with van der Waals surface area (Å²) in [5.41, 5.74) is 2.73. The highest BCUT2D eigenvalue weighted by atomic mass is 35.5. The first-order valence-electron chi connectivity index (χ1n) is 6.45. The molecule has 0 aliphatic carbocycles. The zero-order valence-corrected chi connectivity index (χ0v) is 11.7. The molecule has 1 aromatic heterocycles. The number of hydrogen-bond donors (Lipinski definition) is 1. The highest BCUT2D eigenvalue weighted by Crippen LogP contribution is 2.32. The molecule has 1 aliphatic heterocycles. The Hall–Kier alpha value is -1.81. The zero-order valence-electron chi connectivity index (χ0n) is 11.0. The summed E-state index contributed by atoms with van der Waals surface area (Å²) in [6.07, 6.45) is 0.607. The third-order valence-electron chi connectivity index (χ3n) is 3.19. The van der Waals surface area contributed by atoms with Gasteiger partial charge in [0.15, 0.2) is 0 Å². The first kappa shape index (κ1) is 13.2. The van der Waals surface area contributed by atoms with Gasteiger partial charge in [-0.2, -0.15) is 4.98 Å². The van der Waals surface area contributed by atoms with Crippen molar-refractivity contribution in [3.63, 3.8) is 0 Å². The number of nitrogens with one attached hydrogen (secondary N) is 1. The van der Waals surface area contributed by atoms with Gasteiger partial charge in [-0.05, 0) is 36.2 Å². The smallest absolute Gasteiger partial charge is 0.238 e. The van der Waals surface area contributed by atoms with Crippen LogP contribution >= 0.6 is 11.6 Å². The molecular formula is C15H14ClFN2O. The van der Waals surface area contributed by atoms with Crippen molar-refractivity contribution in [2.75, 3.05) is 11.9 Å². The molecule has 3 rings (SSSR count). The van der Waals surface area contributed by atoms with Gasteiger partial charge in [0.1, 0.15) is 17.6 Å². The molecular weight excluding hydrogens is 279 g/mol. The quantitative estimate of drug-likeness (QED) is 0.858. The second kappa shape index (κ2) is 5.29. The monoisotopic (exact) mass is 292 g/mol. The molecule has 1 aliphatic rings. The molecule has 2 aromatic rings. The highest BCUT2D eigenvalue weighted by Gasteiger charge is 2.19. The third-order valence-corrected chi connectivity index (χ3v) is 3.52. The van der Waals surface area contributed by atoms with Crippen molar-refractivity contribution < 1.29 is 9.13 Å². The Morgan fingerprint density at radius 2 is 2.15 bits per heavy atom. The van der Waals surface area contributed by atoms with Gasteiger partial charge in [0.2, 0.25) is 5.88 Å². The van der Waals surface area contributed by atoms with Crippen LogP contribution in [0.2, 0.25) is 5.15 Å². The second-order valence-corrected chi connectivity index (χ2v) is 5.31. The van der Waals surface area contributed by atoms with Crippen LogP contribution in [0.25, 0.3) is 0 Å². The maximum atomic E-state index is 12.9. The predicted molar refractivity (Wildman–Crippen MR) is 77.0 cm³/mol. The molecule has 0 unspecified atom stereocenters. The van der Waals surface area contributed by atoms with Gasteiger partial charge in [0, 0.05) is 6.42 Å². The molecule has 3 nitrogen and oxygen atoms in total. The van der Waals surface area contributed by atoms with Crippen LogP contribution in [0.15, 0.2) is 30.3 Å². The fourth-order valence-electron chi connectivity index (χ4n) is 2.19. The average Bonchev–Trinajstić information content (AvgIpc) is 2.42. The number of benzene rings is 1. The number of pyridine rings is 1. The van der Waals surface area contributed by atoms with E-state index in [4.69, 9.17) is 16.3 Å². The average molecular weight is 293 g/mol. The van der Waals surface area contributed by atoms with Gasteiger partial charge in [-0.25, -0.2) is 4.39 Å². The van der Waals surface area contributed by atoms with Crippen LogP contribution in [0.4, 0.5) is 10.1 Å². The van der Waals surface area contributed by atoms with Crippen molar-refractivity contribution in [3.05, 3.63) is 52.4 Å². The van der Waals surface area contributed by atoms with E-state index in [0.29, 0.717) is 24.1 Å².